The van der Waals surface area contributed by atoms with Gasteiger partial charge < -0.3 is 0 Å². The second-order valence-electron chi connectivity index (χ2n) is 5.89. The van der Waals surface area contributed by atoms with Crippen LogP contribution in [0.5, 0.6) is 0 Å². The highest BCUT2D eigenvalue weighted by Gasteiger charge is 2.10. The zero-order valence-electron chi connectivity index (χ0n) is 12.7. The summed E-state index contributed by atoms with van der Waals surface area (Å²) in [5.74, 6) is -0.435. The van der Waals surface area contributed by atoms with E-state index in [0.717, 1.165) is 38.5 Å². The quantitative estimate of drug-likeness (QED) is 0.323. The van der Waals surface area contributed by atoms with Gasteiger partial charge in [0.1, 0.15) is 0 Å². The fraction of sp³-hybridized carbons (Fsp3) is 0.929. The average molecular weight is 276 g/mol. The largest absolute Gasteiger partial charge is 0.345 e. The molecule has 0 aliphatic heterocycles. The molecule has 0 bridgehead atoms. The van der Waals surface area contributed by atoms with Crippen molar-refractivity contribution in [3.63, 3.8) is 0 Å². The van der Waals surface area contributed by atoms with Crippen molar-refractivity contribution >= 4 is 5.97 Å². The molecule has 0 unspecified atom stereocenters. The summed E-state index contributed by atoms with van der Waals surface area (Å²) in [6.45, 7) is 9.09. The predicted molar refractivity (Wildman–Crippen MR) is 71.7 cm³/mol. The van der Waals surface area contributed by atoms with Crippen molar-refractivity contribution in [3.8, 4) is 0 Å². The Morgan fingerprint density at radius 3 is 2.37 bits per heavy atom. The van der Waals surface area contributed by atoms with Gasteiger partial charge in [-0.3, -0.25) is 4.89 Å². The maximum absolute atomic E-state index is 11.2. The van der Waals surface area contributed by atoms with Crippen LogP contribution in [-0.2, 0) is 24.6 Å². The average Bonchev–Trinajstić information content (AvgIpc) is 2.31. The van der Waals surface area contributed by atoms with E-state index in [1.54, 1.807) is 0 Å². The zero-order chi connectivity index (χ0) is 14.6. The van der Waals surface area contributed by atoms with Crippen LogP contribution in [0.25, 0.3) is 0 Å². The van der Waals surface area contributed by atoms with Gasteiger partial charge in [0.05, 0.1) is 6.61 Å². The Labute approximate surface area is 116 Å². The standard InChI is InChI=1S/C14H28O5/c1-5-6-12-16-18-19-17-13(15)10-8-7-9-11-14(2,3)4/h5-12H2,1-4H3. The second-order valence-corrected chi connectivity index (χ2v) is 5.89. The lowest BCUT2D eigenvalue weighted by molar-refractivity contribution is -0.617. The third kappa shape index (κ3) is 15.3. The van der Waals surface area contributed by atoms with Crippen LogP contribution in [0.3, 0.4) is 0 Å². The molecule has 5 heteroatoms. The summed E-state index contributed by atoms with van der Waals surface area (Å²) in [6, 6.07) is 0. The smallest absolute Gasteiger partial charge is 0.267 e. The first-order valence-electron chi connectivity index (χ1n) is 7.11. The Kier molecular flexibility index (Phi) is 10.8. The highest BCUT2D eigenvalue weighted by Crippen LogP contribution is 2.22. The van der Waals surface area contributed by atoms with Crippen molar-refractivity contribution < 1.29 is 24.6 Å². The molecule has 0 amide bonds. The van der Waals surface area contributed by atoms with Crippen molar-refractivity contribution in [3.05, 3.63) is 0 Å². The van der Waals surface area contributed by atoms with Gasteiger partial charge in [0.25, 0.3) is 0 Å². The molecule has 0 saturated carbocycles. The van der Waals surface area contributed by atoms with E-state index in [1.165, 1.54) is 0 Å². The second kappa shape index (κ2) is 11.2. The molecule has 0 aliphatic carbocycles. The van der Waals surface area contributed by atoms with Crippen molar-refractivity contribution in [2.75, 3.05) is 6.61 Å². The van der Waals surface area contributed by atoms with Crippen molar-refractivity contribution in [1.82, 2.24) is 0 Å². The van der Waals surface area contributed by atoms with Crippen LogP contribution in [0, 0.1) is 5.41 Å². The van der Waals surface area contributed by atoms with E-state index in [-0.39, 0.29) is 0 Å². The number of hydrogen-bond donors (Lipinski definition) is 0. The first-order chi connectivity index (χ1) is 8.95. The molecule has 0 aliphatic rings. The van der Waals surface area contributed by atoms with E-state index in [4.69, 9.17) is 0 Å². The lowest BCUT2D eigenvalue weighted by Gasteiger charge is -2.17. The normalized spacial score (nSPS) is 11.6. The summed E-state index contributed by atoms with van der Waals surface area (Å²) >= 11 is 0. The summed E-state index contributed by atoms with van der Waals surface area (Å²) in [4.78, 5) is 20.2. The molecule has 0 saturated heterocycles. The topological polar surface area (TPSA) is 54.0 Å². The van der Waals surface area contributed by atoms with Crippen molar-refractivity contribution in [2.24, 2.45) is 5.41 Å². The number of rotatable bonds is 11. The summed E-state index contributed by atoms with van der Waals surface area (Å²) in [6.07, 6.45) is 6.29. The van der Waals surface area contributed by atoms with Gasteiger partial charge in [-0.05, 0) is 29.7 Å². The molecule has 19 heavy (non-hydrogen) atoms. The third-order valence-electron chi connectivity index (χ3n) is 2.59. The lowest BCUT2D eigenvalue weighted by atomic mass is 9.89. The Hall–Kier alpha value is -0.650. The van der Waals surface area contributed by atoms with E-state index in [0.29, 0.717) is 18.4 Å². The summed E-state index contributed by atoms with van der Waals surface area (Å²) in [5.41, 5.74) is 0.354. The summed E-state index contributed by atoms with van der Waals surface area (Å²) in [5, 5.41) is 8.42. The van der Waals surface area contributed by atoms with Crippen LogP contribution >= 0.6 is 0 Å². The maximum atomic E-state index is 11.2. The minimum Gasteiger partial charge on any atom is -0.267 e. The van der Waals surface area contributed by atoms with Crippen LogP contribution in [0.4, 0.5) is 0 Å². The first-order valence-corrected chi connectivity index (χ1v) is 7.11. The molecule has 0 radical (unpaired) electrons. The minimum atomic E-state index is -0.435. The number of unbranched alkanes of at least 4 members (excludes halogenated alkanes) is 3. The fourth-order valence-corrected chi connectivity index (χ4v) is 1.45. The van der Waals surface area contributed by atoms with E-state index in [9.17, 15) is 4.79 Å². The van der Waals surface area contributed by atoms with Gasteiger partial charge in [-0.25, -0.2) is 9.68 Å². The Morgan fingerprint density at radius 2 is 1.74 bits per heavy atom. The highest BCUT2D eigenvalue weighted by atomic mass is 17.7. The SMILES string of the molecule is CCCCOOOOC(=O)CCCCCC(C)(C)C. The maximum Gasteiger partial charge on any atom is 0.345 e. The fourth-order valence-electron chi connectivity index (χ4n) is 1.45. The minimum absolute atomic E-state index is 0.336. The van der Waals surface area contributed by atoms with Crippen molar-refractivity contribution in [2.45, 2.75) is 72.6 Å². The van der Waals surface area contributed by atoms with Crippen LogP contribution in [-0.4, -0.2) is 12.6 Å². The predicted octanol–water partition coefficient (Wildman–Crippen LogP) is 4.12. The van der Waals surface area contributed by atoms with Gasteiger partial charge >= 0.3 is 5.97 Å². The molecule has 0 spiro atoms. The van der Waals surface area contributed by atoms with Gasteiger partial charge in [-0.1, -0.05) is 47.0 Å². The molecule has 0 atom stereocenters. The molecule has 0 N–H and O–H groups in total. The number of carbonyl (C=O) groups is 1. The summed E-state index contributed by atoms with van der Waals surface area (Å²) < 4.78 is 0. The highest BCUT2D eigenvalue weighted by molar-refractivity contribution is 5.68. The Bertz CT molecular complexity index is 222. The Morgan fingerprint density at radius 1 is 1.00 bits per heavy atom. The van der Waals surface area contributed by atoms with Gasteiger partial charge in [0.2, 0.25) is 0 Å². The lowest BCUT2D eigenvalue weighted by Crippen LogP contribution is -2.07. The molecule has 0 aromatic carbocycles. The summed E-state index contributed by atoms with van der Waals surface area (Å²) in [7, 11) is 0. The number of carbonyl (C=O) groups excluding carboxylic acids is 1. The zero-order valence-corrected chi connectivity index (χ0v) is 12.7. The molecule has 114 valence electrons. The molecule has 0 fully saturated rings. The van der Waals surface area contributed by atoms with Crippen LogP contribution in [0.15, 0.2) is 0 Å². The van der Waals surface area contributed by atoms with E-state index in [1.807, 2.05) is 6.92 Å². The Balaban J connectivity index is 3.26. The van der Waals surface area contributed by atoms with Gasteiger partial charge in [0.15, 0.2) is 0 Å². The molecule has 0 heterocycles. The van der Waals surface area contributed by atoms with Crippen molar-refractivity contribution in [1.29, 1.82) is 0 Å². The van der Waals surface area contributed by atoms with Gasteiger partial charge in [0, 0.05) is 11.5 Å². The van der Waals surface area contributed by atoms with E-state index in [2.05, 4.69) is 40.6 Å². The molecular formula is C14H28O5. The van der Waals surface area contributed by atoms with Gasteiger partial charge in [-0.15, -0.1) is 0 Å². The molecule has 5 nitrogen and oxygen atoms in total. The van der Waals surface area contributed by atoms with Crippen LogP contribution < -0.4 is 0 Å². The monoisotopic (exact) mass is 276 g/mol. The molecular weight excluding hydrogens is 248 g/mol. The van der Waals surface area contributed by atoms with E-state index < -0.39 is 5.97 Å². The van der Waals surface area contributed by atoms with Gasteiger partial charge in [-0.2, -0.15) is 0 Å². The first kappa shape index (κ1) is 18.4. The molecule has 0 aromatic rings. The van der Waals surface area contributed by atoms with Crippen LogP contribution in [0.2, 0.25) is 0 Å². The number of hydrogen-bond acceptors (Lipinski definition) is 5. The van der Waals surface area contributed by atoms with E-state index >= 15 is 0 Å². The third-order valence-corrected chi connectivity index (χ3v) is 2.59. The molecule has 0 rings (SSSR count). The van der Waals surface area contributed by atoms with Crippen LogP contribution in [0.1, 0.15) is 72.6 Å². The molecule has 0 aromatic heterocycles.